The predicted molar refractivity (Wildman–Crippen MR) is 74.7 cm³/mol. The van der Waals surface area contributed by atoms with Crippen LogP contribution in [0.3, 0.4) is 0 Å². The van der Waals surface area contributed by atoms with E-state index in [4.69, 9.17) is 9.47 Å². The van der Waals surface area contributed by atoms with Crippen LogP contribution in [0, 0.1) is 11.8 Å². The maximum atomic E-state index is 12.3. The number of fused-ring (bicyclic) bond motifs is 1. The molecular formula is C14H18N2O3S. The number of amides is 2. The molecule has 6 heteroatoms. The molecule has 20 heavy (non-hydrogen) atoms. The number of nitrogens with one attached hydrogen (secondary N) is 1. The molecule has 0 radical (unpaired) electrons. The van der Waals surface area contributed by atoms with E-state index in [0.29, 0.717) is 37.6 Å². The molecule has 2 saturated heterocycles. The molecule has 1 N–H and O–H groups in total. The molecule has 3 fully saturated rings. The number of carbonyl (C=O) groups excluding carboxylic acids is 1. The van der Waals surface area contributed by atoms with Gasteiger partial charge in [-0.25, -0.2) is 4.79 Å². The maximum Gasteiger partial charge on any atom is 0.317 e. The predicted octanol–water partition coefficient (Wildman–Crippen LogP) is 1.48. The van der Waals surface area contributed by atoms with Gasteiger partial charge in [0.05, 0.1) is 26.4 Å². The number of hydrogen-bond acceptors (Lipinski definition) is 4. The molecule has 108 valence electrons. The van der Waals surface area contributed by atoms with Crippen molar-refractivity contribution in [1.29, 1.82) is 0 Å². The summed E-state index contributed by atoms with van der Waals surface area (Å²) in [5, 5.41) is 5.19. The number of carbonyl (C=O) groups is 1. The van der Waals surface area contributed by atoms with Crippen molar-refractivity contribution in [3.63, 3.8) is 0 Å². The Balaban J connectivity index is 1.35. The minimum atomic E-state index is 0.0246. The Morgan fingerprint density at radius 1 is 1.40 bits per heavy atom. The third-order valence-electron chi connectivity index (χ3n) is 4.46. The van der Waals surface area contributed by atoms with E-state index < -0.39 is 0 Å². The molecule has 3 aliphatic rings. The summed E-state index contributed by atoms with van der Waals surface area (Å²) in [5.41, 5.74) is 0. The second-order valence-corrected chi connectivity index (χ2v) is 6.64. The highest BCUT2D eigenvalue weighted by Crippen LogP contribution is 2.44. The van der Waals surface area contributed by atoms with Crippen LogP contribution in [0.2, 0.25) is 0 Å². The van der Waals surface area contributed by atoms with Crippen LogP contribution < -0.4 is 5.32 Å². The highest BCUT2D eigenvalue weighted by molar-refractivity contribution is 7.10. The molecule has 1 saturated carbocycles. The van der Waals surface area contributed by atoms with Crippen molar-refractivity contribution in [3.05, 3.63) is 22.4 Å². The summed E-state index contributed by atoms with van der Waals surface area (Å²) in [5.74, 6) is 1.10. The van der Waals surface area contributed by atoms with Crippen LogP contribution in [-0.4, -0.2) is 49.9 Å². The second kappa shape index (κ2) is 5.02. The van der Waals surface area contributed by atoms with Gasteiger partial charge in [0, 0.05) is 29.3 Å². The van der Waals surface area contributed by atoms with Crippen molar-refractivity contribution >= 4 is 17.4 Å². The fraction of sp³-hybridized carbons (Fsp3) is 0.643. The lowest BCUT2D eigenvalue weighted by Gasteiger charge is -2.32. The number of urea groups is 1. The molecule has 1 aromatic heterocycles. The molecule has 1 aromatic rings. The first kappa shape index (κ1) is 12.6. The first-order valence-corrected chi connectivity index (χ1v) is 7.99. The monoisotopic (exact) mass is 294 g/mol. The van der Waals surface area contributed by atoms with Crippen molar-refractivity contribution in [2.75, 3.05) is 32.9 Å². The van der Waals surface area contributed by atoms with Gasteiger partial charge in [-0.1, -0.05) is 6.07 Å². The fourth-order valence-corrected chi connectivity index (χ4v) is 3.93. The first-order chi connectivity index (χ1) is 9.83. The molecule has 5 nitrogen and oxygen atoms in total. The summed E-state index contributed by atoms with van der Waals surface area (Å²) in [4.78, 5) is 15.4. The van der Waals surface area contributed by atoms with E-state index in [2.05, 4.69) is 11.4 Å². The Bertz CT molecular complexity index is 483. The van der Waals surface area contributed by atoms with Crippen molar-refractivity contribution in [2.24, 2.45) is 11.8 Å². The van der Waals surface area contributed by atoms with E-state index in [1.54, 1.807) is 11.3 Å². The second-order valence-electron chi connectivity index (χ2n) is 5.66. The van der Waals surface area contributed by atoms with Crippen molar-refractivity contribution in [1.82, 2.24) is 10.2 Å². The van der Waals surface area contributed by atoms with Crippen LogP contribution in [0.1, 0.15) is 11.0 Å². The van der Waals surface area contributed by atoms with Gasteiger partial charge in [0.2, 0.25) is 0 Å². The number of rotatable bonds is 2. The lowest BCUT2D eigenvalue weighted by atomic mass is 10.2. The van der Waals surface area contributed by atoms with E-state index in [1.807, 2.05) is 16.3 Å². The average Bonchev–Trinajstić information content (AvgIpc) is 2.97. The van der Waals surface area contributed by atoms with Gasteiger partial charge in [0.15, 0.2) is 0 Å². The van der Waals surface area contributed by atoms with Crippen LogP contribution in [0.4, 0.5) is 4.79 Å². The Kier molecular flexibility index (Phi) is 3.17. The van der Waals surface area contributed by atoms with Crippen molar-refractivity contribution < 1.29 is 14.3 Å². The number of thiophene rings is 1. The lowest BCUT2D eigenvalue weighted by Crippen LogP contribution is -2.48. The molecule has 0 bridgehead atoms. The molecule has 0 spiro atoms. The highest BCUT2D eigenvalue weighted by atomic mass is 32.1. The van der Waals surface area contributed by atoms with Gasteiger partial charge in [-0.05, 0) is 11.4 Å². The molecule has 1 aliphatic carbocycles. The van der Waals surface area contributed by atoms with E-state index in [0.717, 1.165) is 13.2 Å². The standard InChI is InChI=1S/C14H18N2O3S/c17-14(15-13-9-7-18-8-10(9)13)16-3-4-19-11(6-16)12-2-1-5-20-12/h1-2,5,9-11,13H,3-4,6-8H2,(H,15,17)/t9-,10+,11?,13?. The van der Waals surface area contributed by atoms with E-state index in [-0.39, 0.29) is 12.1 Å². The Labute approximate surface area is 121 Å². The zero-order valence-electron chi connectivity index (χ0n) is 11.2. The van der Waals surface area contributed by atoms with E-state index >= 15 is 0 Å². The third-order valence-corrected chi connectivity index (χ3v) is 5.42. The summed E-state index contributed by atoms with van der Waals surface area (Å²) >= 11 is 1.68. The molecule has 3 heterocycles. The summed E-state index contributed by atoms with van der Waals surface area (Å²) in [6.07, 6.45) is 0.0246. The van der Waals surface area contributed by atoms with Crippen LogP contribution in [0.15, 0.2) is 17.5 Å². The summed E-state index contributed by atoms with van der Waals surface area (Å²) in [7, 11) is 0. The Morgan fingerprint density at radius 3 is 3.00 bits per heavy atom. The van der Waals surface area contributed by atoms with Gasteiger partial charge in [-0.3, -0.25) is 0 Å². The molecular weight excluding hydrogens is 276 g/mol. The molecule has 2 aliphatic heterocycles. The lowest BCUT2D eigenvalue weighted by molar-refractivity contribution is -0.0138. The molecule has 0 aromatic carbocycles. The highest BCUT2D eigenvalue weighted by Gasteiger charge is 2.55. The van der Waals surface area contributed by atoms with Gasteiger partial charge >= 0.3 is 6.03 Å². The summed E-state index contributed by atoms with van der Waals surface area (Å²) in [6, 6.07) is 4.47. The SMILES string of the molecule is O=C(NC1[C@H]2COC[C@@H]12)N1CCOC(c2cccs2)C1. The van der Waals surface area contributed by atoms with Gasteiger partial charge < -0.3 is 19.7 Å². The number of nitrogens with zero attached hydrogens (tertiary/aromatic N) is 1. The molecule has 2 unspecified atom stereocenters. The topological polar surface area (TPSA) is 50.8 Å². The van der Waals surface area contributed by atoms with Gasteiger partial charge in [-0.2, -0.15) is 0 Å². The molecule has 4 atom stereocenters. The van der Waals surface area contributed by atoms with Crippen LogP contribution in [0.5, 0.6) is 0 Å². The molecule has 2 amide bonds. The summed E-state index contributed by atoms with van der Waals surface area (Å²) in [6.45, 7) is 3.53. The smallest absolute Gasteiger partial charge is 0.317 e. The normalized spacial score (nSPS) is 35.7. The maximum absolute atomic E-state index is 12.3. The first-order valence-electron chi connectivity index (χ1n) is 7.11. The third kappa shape index (κ3) is 2.21. The quantitative estimate of drug-likeness (QED) is 0.899. The van der Waals surface area contributed by atoms with Gasteiger partial charge in [0.1, 0.15) is 6.10 Å². The zero-order chi connectivity index (χ0) is 13.5. The minimum absolute atomic E-state index is 0.0246. The van der Waals surface area contributed by atoms with Crippen LogP contribution >= 0.6 is 11.3 Å². The van der Waals surface area contributed by atoms with E-state index in [1.165, 1.54) is 4.88 Å². The average molecular weight is 294 g/mol. The largest absolute Gasteiger partial charge is 0.381 e. The fourth-order valence-electron chi connectivity index (χ4n) is 3.17. The van der Waals surface area contributed by atoms with Crippen molar-refractivity contribution in [2.45, 2.75) is 12.1 Å². The molecule has 4 rings (SSSR count). The number of ether oxygens (including phenoxy) is 2. The Morgan fingerprint density at radius 2 is 2.25 bits per heavy atom. The van der Waals surface area contributed by atoms with Crippen molar-refractivity contribution in [3.8, 4) is 0 Å². The zero-order valence-corrected chi connectivity index (χ0v) is 12.0. The van der Waals surface area contributed by atoms with Crippen LogP contribution in [-0.2, 0) is 9.47 Å². The summed E-state index contributed by atoms with van der Waals surface area (Å²) < 4.78 is 11.1. The minimum Gasteiger partial charge on any atom is -0.381 e. The number of morpholine rings is 1. The van der Waals surface area contributed by atoms with E-state index in [9.17, 15) is 4.79 Å². The van der Waals surface area contributed by atoms with Crippen LogP contribution in [0.25, 0.3) is 0 Å². The number of hydrogen-bond donors (Lipinski definition) is 1. The Hall–Kier alpha value is -1.11. The van der Waals surface area contributed by atoms with Gasteiger partial charge in [0.25, 0.3) is 0 Å². The van der Waals surface area contributed by atoms with Gasteiger partial charge in [-0.15, -0.1) is 11.3 Å².